The summed E-state index contributed by atoms with van der Waals surface area (Å²) < 4.78 is 1.54. The smallest absolute Gasteiger partial charge is 0.246 e. The fraction of sp³-hybridized carbons (Fsp3) is 0.231. The van der Waals surface area contributed by atoms with Crippen molar-refractivity contribution in [2.24, 2.45) is 0 Å². The summed E-state index contributed by atoms with van der Waals surface area (Å²) in [6.07, 6.45) is 2.34. The normalized spacial score (nSPS) is 10.3. The fourth-order valence-corrected chi connectivity index (χ4v) is 2.65. The molecule has 0 aromatic carbocycles. The minimum atomic E-state index is -0.298. The second-order valence-corrected chi connectivity index (χ2v) is 5.22. The number of thiazole rings is 1. The highest BCUT2D eigenvalue weighted by molar-refractivity contribution is 7.17. The van der Waals surface area contributed by atoms with Gasteiger partial charge in [-0.3, -0.25) is 14.4 Å². The number of amides is 1. The van der Waals surface area contributed by atoms with E-state index in [9.17, 15) is 14.4 Å². The molecule has 0 saturated carbocycles. The average molecular weight is 291 g/mol. The zero-order valence-electron chi connectivity index (χ0n) is 11.0. The van der Waals surface area contributed by atoms with Crippen molar-refractivity contribution in [1.82, 2.24) is 9.55 Å². The Morgan fingerprint density at radius 3 is 2.85 bits per heavy atom. The molecule has 0 aliphatic rings. The van der Waals surface area contributed by atoms with E-state index in [0.717, 1.165) is 11.3 Å². The first-order chi connectivity index (χ1) is 9.51. The Hall–Kier alpha value is -2.28. The van der Waals surface area contributed by atoms with Gasteiger partial charge in [0.05, 0.1) is 16.3 Å². The number of ketones is 1. The number of aldehydes is 1. The molecule has 0 bridgehead atoms. The third kappa shape index (κ3) is 3.00. The highest BCUT2D eigenvalue weighted by Gasteiger charge is 2.14. The molecule has 2 heterocycles. The number of Topliss-reactive ketones (excluding diaryl/α,β-unsaturated/α-hetero) is 1. The van der Waals surface area contributed by atoms with Crippen LogP contribution in [0.5, 0.6) is 0 Å². The van der Waals surface area contributed by atoms with Crippen LogP contribution in [0.3, 0.4) is 0 Å². The van der Waals surface area contributed by atoms with Gasteiger partial charge in [0, 0.05) is 13.1 Å². The maximum atomic E-state index is 11.9. The van der Waals surface area contributed by atoms with Gasteiger partial charge in [-0.15, -0.1) is 0 Å². The Morgan fingerprint density at radius 2 is 2.25 bits per heavy atom. The highest BCUT2D eigenvalue weighted by atomic mass is 32.1. The number of aryl methyl sites for hydroxylation is 1. The number of carbonyl (C=O) groups is 3. The first kappa shape index (κ1) is 14.1. The summed E-state index contributed by atoms with van der Waals surface area (Å²) in [4.78, 5) is 38.6. The van der Waals surface area contributed by atoms with Crippen LogP contribution in [0.2, 0.25) is 0 Å². The Labute approximate surface area is 119 Å². The van der Waals surface area contributed by atoms with Crippen molar-refractivity contribution in [3.05, 3.63) is 34.6 Å². The maximum Gasteiger partial charge on any atom is 0.246 e. The largest absolute Gasteiger partial charge is 0.336 e. The predicted octanol–water partition coefficient (Wildman–Crippen LogP) is 1.91. The van der Waals surface area contributed by atoms with Crippen molar-refractivity contribution in [3.8, 4) is 0 Å². The molecule has 0 unspecified atom stereocenters. The van der Waals surface area contributed by atoms with Crippen LogP contribution in [0.4, 0.5) is 5.13 Å². The van der Waals surface area contributed by atoms with Crippen LogP contribution >= 0.6 is 11.3 Å². The zero-order valence-corrected chi connectivity index (χ0v) is 11.9. The van der Waals surface area contributed by atoms with E-state index in [1.54, 1.807) is 25.3 Å². The fourth-order valence-electron chi connectivity index (χ4n) is 1.77. The summed E-state index contributed by atoms with van der Waals surface area (Å²) in [5.74, 6) is -0.373. The lowest BCUT2D eigenvalue weighted by molar-refractivity contribution is -0.116. The lowest BCUT2D eigenvalue weighted by Crippen LogP contribution is -2.19. The van der Waals surface area contributed by atoms with E-state index in [-0.39, 0.29) is 18.2 Å². The van der Waals surface area contributed by atoms with E-state index in [1.807, 2.05) is 0 Å². The summed E-state index contributed by atoms with van der Waals surface area (Å²) >= 11 is 1.15. The van der Waals surface area contributed by atoms with Crippen LogP contribution in [-0.4, -0.2) is 27.5 Å². The van der Waals surface area contributed by atoms with Crippen LogP contribution in [0.25, 0.3) is 0 Å². The van der Waals surface area contributed by atoms with Gasteiger partial charge in [-0.2, -0.15) is 0 Å². The Bertz CT molecular complexity index is 672. The van der Waals surface area contributed by atoms with E-state index in [2.05, 4.69) is 10.3 Å². The third-order valence-electron chi connectivity index (χ3n) is 2.66. The predicted molar refractivity (Wildman–Crippen MR) is 75.3 cm³/mol. The summed E-state index contributed by atoms with van der Waals surface area (Å²) in [6.45, 7) is 3.21. The Kier molecular flexibility index (Phi) is 4.09. The van der Waals surface area contributed by atoms with Crippen molar-refractivity contribution in [1.29, 1.82) is 0 Å². The Balaban J connectivity index is 2.07. The molecule has 104 valence electrons. The van der Waals surface area contributed by atoms with Gasteiger partial charge in [-0.25, -0.2) is 4.98 Å². The molecule has 0 fully saturated rings. The van der Waals surface area contributed by atoms with Gasteiger partial charge < -0.3 is 9.88 Å². The van der Waals surface area contributed by atoms with Crippen molar-refractivity contribution >= 4 is 34.4 Å². The van der Waals surface area contributed by atoms with Crippen LogP contribution in [-0.2, 0) is 11.3 Å². The van der Waals surface area contributed by atoms with Crippen LogP contribution in [0, 0.1) is 6.92 Å². The molecule has 7 heteroatoms. The van der Waals surface area contributed by atoms with Gasteiger partial charge >= 0.3 is 0 Å². The summed E-state index contributed by atoms with van der Waals surface area (Å²) in [5, 5.41) is 3.01. The van der Waals surface area contributed by atoms with E-state index in [0.29, 0.717) is 27.7 Å². The zero-order chi connectivity index (χ0) is 14.7. The number of nitrogens with one attached hydrogen (secondary N) is 1. The summed E-state index contributed by atoms with van der Waals surface area (Å²) in [5.41, 5.74) is 1.03. The third-order valence-corrected chi connectivity index (χ3v) is 3.84. The number of nitrogens with zero attached hydrogens (tertiary/aromatic N) is 2. The maximum absolute atomic E-state index is 11.9. The first-order valence-corrected chi connectivity index (χ1v) is 6.71. The molecule has 0 atom stereocenters. The first-order valence-electron chi connectivity index (χ1n) is 5.90. The lowest BCUT2D eigenvalue weighted by Gasteiger charge is -2.04. The van der Waals surface area contributed by atoms with Crippen LogP contribution in [0.1, 0.15) is 32.8 Å². The van der Waals surface area contributed by atoms with Crippen molar-refractivity contribution in [2.45, 2.75) is 20.4 Å². The SMILES string of the molecule is CC(=O)c1sc(NC(=O)Cn2cccc2C=O)nc1C. The number of hydrogen-bond donors (Lipinski definition) is 1. The molecular formula is C13H13N3O3S. The second kappa shape index (κ2) is 5.79. The molecule has 0 aliphatic heterocycles. The topological polar surface area (TPSA) is 81.1 Å². The Morgan fingerprint density at radius 1 is 1.50 bits per heavy atom. The lowest BCUT2D eigenvalue weighted by atomic mass is 10.3. The minimum Gasteiger partial charge on any atom is -0.336 e. The molecular weight excluding hydrogens is 278 g/mol. The molecule has 0 spiro atoms. The van der Waals surface area contributed by atoms with Gasteiger partial charge in [0.1, 0.15) is 6.54 Å². The van der Waals surface area contributed by atoms with E-state index in [4.69, 9.17) is 0 Å². The van der Waals surface area contributed by atoms with Gasteiger partial charge in [-0.1, -0.05) is 11.3 Å². The second-order valence-electron chi connectivity index (χ2n) is 4.22. The van der Waals surface area contributed by atoms with Gasteiger partial charge in [0.15, 0.2) is 17.2 Å². The van der Waals surface area contributed by atoms with Crippen molar-refractivity contribution in [3.63, 3.8) is 0 Å². The van der Waals surface area contributed by atoms with Gasteiger partial charge in [0.25, 0.3) is 0 Å². The summed E-state index contributed by atoms with van der Waals surface area (Å²) in [6, 6.07) is 3.32. The molecule has 2 rings (SSSR count). The average Bonchev–Trinajstić information content (AvgIpc) is 2.95. The molecule has 1 N–H and O–H groups in total. The summed E-state index contributed by atoms with van der Waals surface area (Å²) in [7, 11) is 0. The standard InChI is InChI=1S/C13H13N3O3S/c1-8-12(9(2)18)20-13(14-8)15-11(19)6-16-5-3-4-10(16)7-17/h3-5,7H,6H2,1-2H3,(H,14,15,19). The number of hydrogen-bond acceptors (Lipinski definition) is 5. The quantitative estimate of drug-likeness (QED) is 0.674. The molecule has 0 aliphatic carbocycles. The number of anilines is 1. The van der Waals surface area contributed by atoms with Crippen LogP contribution in [0.15, 0.2) is 18.3 Å². The van der Waals surface area contributed by atoms with Gasteiger partial charge in [0.2, 0.25) is 5.91 Å². The molecule has 2 aromatic heterocycles. The van der Waals surface area contributed by atoms with E-state index >= 15 is 0 Å². The monoisotopic (exact) mass is 291 g/mol. The molecule has 0 radical (unpaired) electrons. The highest BCUT2D eigenvalue weighted by Crippen LogP contribution is 2.22. The molecule has 20 heavy (non-hydrogen) atoms. The molecule has 1 amide bonds. The number of rotatable bonds is 5. The van der Waals surface area contributed by atoms with Gasteiger partial charge in [-0.05, 0) is 19.1 Å². The molecule has 0 saturated heterocycles. The van der Waals surface area contributed by atoms with Crippen LogP contribution < -0.4 is 5.32 Å². The van der Waals surface area contributed by atoms with E-state index < -0.39 is 0 Å². The minimum absolute atomic E-state index is 0.0229. The molecule has 6 nitrogen and oxygen atoms in total. The van der Waals surface area contributed by atoms with Crippen molar-refractivity contribution in [2.75, 3.05) is 5.32 Å². The number of aromatic nitrogens is 2. The van der Waals surface area contributed by atoms with E-state index in [1.165, 1.54) is 11.5 Å². The van der Waals surface area contributed by atoms with Crippen molar-refractivity contribution < 1.29 is 14.4 Å². The number of carbonyl (C=O) groups excluding carboxylic acids is 3. The molecule has 2 aromatic rings.